The Labute approximate surface area is 109 Å². The van der Waals surface area contributed by atoms with Gasteiger partial charge in [-0.25, -0.2) is 4.65 Å². The fourth-order valence-electron chi connectivity index (χ4n) is 2.04. The number of fused-ring (bicyclic) bond motifs is 1. The quantitative estimate of drug-likeness (QED) is 0.482. The summed E-state index contributed by atoms with van der Waals surface area (Å²) < 4.78 is -0.782. The van der Waals surface area contributed by atoms with Gasteiger partial charge in [0.1, 0.15) is 10.7 Å². The number of hydrogen-bond acceptors (Lipinski definition) is 3. The number of nitrogens with zero attached hydrogens (tertiary/aromatic N) is 2. The van der Waals surface area contributed by atoms with Crippen LogP contribution < -0.4 is 10.4 Å². The second kappa shape index (κ2) is 3.81. The van der Waals surface area contributed by atoms with E-state index in [1.807, 2.05) is 0 Å². The van der Waals surface area contributed by atoms with Crippen LogP contribution in [-0.4, -0.2) is 6.34 Å². The molecule has 0 aromatic heterocycles. The highest BCUT2D eigenvalue weighted by molar-refractivity contribution is 6.33. The molecule has 2 aromatic carbocycles. The van der Waals surface area contributed by atoms with Crippen molar-refractivity contribution in [2.24, 2.45) is 4.99 Å². The largest absolute Gasteiger partial charge is 0.616 e. The first-order valence-electron chi connectivity index (χ1n) is 5.41. The molecule has 4 nitrogen and oxygen atoms in total. The lowest BCUT2D eigenvalue weighted by atomic mass is 10.2. The summed E-state index contributed by atoms with van der Waals surface area (Å²) in [6.07, 6.45) is 1.32. The van der Waals surface area contributed by atoms with Crippen molar-refractivity contribution in [1.82, 2.24) is 4.65 Å². The van der Waals surface area contributed by atoms with Crippen LogP contribution in [0.25, 0.3) is 0 Å². The zero-order chi connectivity index (χ0) is 12.8. The van der Waals surface area contributed by atoms with Crippen LogP contribution >= 0.6 is 11.6 Å². The fraction of sp³-hybridized carbons (Fsp3) is 0. The van der Waals surface area contributed by atoms with Crippen molar-refractivity contribution >= 4 is 40.7 Å². The Morgan fingerprint density at radius 1 is 1.11 bits per heavy atom. The van der Waals surface area contributed by atoms with Crippen LogP contribution in [0, 0.1) is 5.21 Å². The number of benzene rings is 2. The predicted octanol–water partition coefficient (Wildman–Crippen LogP) is 3.73. The molecule has 0 spiro atoms. The van der Waals surface area contributed by atoms with Crippen LogP contribution in [0.15, 0.2) is 47.5 Å². The first-order valence-corrected chi connectivity index (χ1v) is 5.79. The summed E-state index contributed by atoms with van der Waals surface area (Å²) in [5.41, 5.74) is 7.82. The summed E-state index contributed by atoms with van der Waals surface area (Å²) in [7, 11) is 0. The van der Waals surface area contributed by atoms with Gasteiger partial charge in [0.15, 0.2) is 11.4 Å². The molecule has 1 aliphatic heterocycles. The Hall–Kier alpha value is -1.88. The molecule has 2 N–H and O–H groups in total. The molecule has 0 aliphatic carbocycles. The van der Waals surface area contributed by atoms with Crippen molar-refractivity contribution < 1.29 is 0 Å². The third kappa shape index (κ3) is 1.51. The van der Waals surface area contributed by atoms with E-state index in [1.165, 1.54) is 6.34 Å². The van der Waals surface area contributed by atoms with Gasteiger partial charge in [-0.05, 0) is 18.2 Å². The second-order valence-electron chi connectivity index (χ2n) is 4.10. The van der Waals surface area contributed by atoms with Crippen LogP contribution in [0.4, 0.5) is 22.7 Å². The molecule has 0 bridgehead atoms. The van der Waals surface area contributed by atoms with Gasteiger partial charge >= 0.3 is 0 Å². The van der Waals surface area contributed by atoms with Gasteiger partial charge in [-0.15, -0.1) is 0 Å². The first kappa shape index (κ1) is 11.2. The van der Waals surface area contributed by atoms with Crippen LogP contribution in [0.2, 0.25) is 5.02 Å². The number of hydrogen-bond donors (Lipinski definition) is 1. The molecule has 3 rings (SSSR count). The average Bonchev–Trinajstić information content (AvgIpc) is 2.68. The zero-order valence-corrected chi connectivity index (χ0v) is 10.1. The van der Waals surface area contributed by atoms with Crippen LogP contribution in [0.3, 0.4) is 0 Å². The normalized spacial score (nSPS) is 21.0. The highest BCUT2D eigenvalue weighted by Crippen LogP contribution is 2.46. The smallest absolute Gasteiger partial charge is 0.201 e. The van der Waals surface area contributed by atoms with E-state index in [0.717, 1.165) is 0 Å². The Bertz CT molecular complexity index is 656. The molecule has 1 aliphatic rings. The van der Waals surface area contributed by atoms with E-state index >= 15 is 0 Å². The summed E-state index contributed by atoms with van der Waals surface area (Å²) in [6, 6.07) is 12.0. The molecule has 0 amide bonds. The topological polar surface area (TPSA) is 61.4 Å². The Balaban J connectivity index is 2.21. The van der Waals surface area contributed by atoms with E-state index in [-0.39, 0.29) is 0 Å². The summed E-state index contributed by atoms with van der Waals surface area (Å²) in [4.78, 5) is 4.13. The van der Waals surface area contributed by atoms with Crippen LogP contribution in [-0.2, 0) is 0 Å². The number of anilines is 1. The summed E-state index contributed by atoms with van der Waals surface area (Å²) >= 11 is 6.09. The number of nitrogen functional groups attached to an aromatic ring is 1. The number of hydroxylamine groups is 1. The first-order chi connectivity index (χ1) is 8.61. The molecular formula is C13H10ClN3O. The number of para-hydroxylation sites is 1. The van der Waals surface area contributed by atoms with Gasteiger partial charge in [0.25, 0.3) is 0 Å². The molecule has 0 saturated carbocycles. The summed E-state index contributed by atoms with van der Waals surface area (Å²) in [5.74, 6) is 0. The number of quaternary nitrogens is 1. The van der Waals surface area contributed by atoms with Crippen molar-refractivity contribution in [1.29, 1.82) is 0 Å². The highest BCUT2D eigenvalue weighted by atomic mass is 35.5. The second-order valence-corrected chi connectivity index (χ2v) is 4.51. The minimum absolute atomic E-state index is 0.420. The maximum atomic E-state index is 12.9. The van der Waals surface area contributed by atoms with Crippen molar-refractivity contribution in [3.63, 3.8) is 0 Å². The van der Waals surface area contributed by atoms with Gasteiger partial charge < -0.3 is 10.9 Å². The van der Waals surface area contributed by atoms with Gasteiger partial charge in [0, 0.05) is 17.8 Å². The molecule has 90 valence electrons. The molecule has 5 heteroatoms. The van der Waals surface area contributed by atoms with Crippen molar-refractivity contribution in [2.45, 2.75) is 0 Å². The molecule has 18 heavy (non-hydrogen) atoms. The molecule has 0 fully saturated rings. The third-order valence-electron chi connectivity index (χ3n) is 2.93. The van der Waals surface area contributed by atoms with E-state index in [2.05, 4.69) is 4.99 Å². The van der Waals surface area contributed by atoms with Gasteiger partial charge in [0.2, 0.25) is 6.34 Å². The molecule has 1 unspecified atom stereocenters. The minimum atomic E-state index is -0.782. The molecule has 0 radical (unpaired) electrons. The Morgan fingerprint density at radius 2 is 1.89 bits per heavy atom. The highest BCUT2D eigenvalue weighted by Gasteiger charge is 2.32. The van der Waals surface area contributed by atoms with Gasteiger partial charge in [-0.1, -0.05) is 23.7 Å². The number of rotatable bonds is 1. The molecule has 0 saturated heterocycles. The molecule has 1 atom stereocenters. The van der Waals surface area contributed by atoms with E-state index in [0.29, 0.717) is 27.8 Å². The zero-order valence-electron chi connectivity index (χ0n) is 9.38. The minimum Gasteiger partial charge on any atom is -0.616 e. The third-order valence-corrected chi connectivity index (χ3v) is 3.25. The van der Waals surface area contributed by atoms with E-state index < -0.39 is 4.65 Å². The summed E-state index contributed by atoms with van der Waals surface area (Å²) in [5, 5.41) is 13.3. The lowest BCUT2D eigenvalue weighted by molar-refractivity contribution is 0.777. The predicted molar refractivity (Wildman–Crippen MR) is 75.3 cm³/mol. The number of halogens is 1. The monoisotopic (exact) mass is 259 g/mol. The fourth-order valence-corrected chi connectivity index (χ4v) is 2.30. The lowest BCUT2D eigenvalue weighted by Gasteiger charge is -2.34. The molecule has 1 heterocycles. The van der Waals surface area contributed by atoms with Gasteiger partial charge in [-0.2, -0.15) is 4.99 Å². The Kier molecular flexibility index (Phi) is 2.38. The standard InChI is InChI=1S/C13H10ClN3O/c14-10-3-1-2-4-12(10)17(18)8-16-11-7-9(15)5-6-13(11)17/h1-8H,15H2. The Morgan fingerprint density at radius 3 is 2.67 bits per heavy atom. The van der Waals surface area contributed by atoms with Gasteiger partial charge in [0.05, 0.1) is 0 Å². The van der Waals surface area contributed by atoms with Gasteiger partial charge in [-0.3, -0.25) is 0 Å². The van der Waals surface area contributed by atoms with Crippen molar-refractivity contribution in [3.8, 4) is 0 Å². The van der Waals surface area contributed by atoms with Crippen LogP contribution in [0.5, 0.6) is 0 Å². The van der Waals surface area contributed by atoms with E-state index in [1.54, 1.807) is 42.5 Å². The summed E-state index contributed by atoms with van der Waals surface area (Å²) in [6.45, 7) is 0. The lowest BCUT2D eigenvalue weighted by Crippen LogP contribution is -2.33. The average molecular weight is 260 g/mol. The maximum absolute atomic E-state index is 12.9. The van der Waals surface area contributed by atoms with Crippen molar-refractivity contribution in [2.75, 3.05) is 5.73 Å². The van der Waals surface area contributed by atoms with E-state index in [9.17, 15) is 5.21 Å². The SMILES string of the molecule is Nc1ccc2c(c1)N=C[N+]2([O-])c1ccccc1Cl. The van der Waals surface area contributed by atoms with E-state index in [4.69, 9.17) is 17.3 Å². The van der Waals surface area contributed by atoms with Crippen LogP contribution in [0.1, 0.15) is 0 Å². The molecular weight excluding hydrogens is 250 g/mol. The maximum Gasteiger partial charge on any atom is 0.201 e. The number of aliphatic imine (C=N–C) groups is 1. The molecule has 2 aromatic rings. The van der Waals surface area contributed by atoms with Crippen molar-refractivity contribution in [3.05, 3.63) is 52.7 Å². The number of nitrogens with two attached hydrogens (primary N) is 1.